The van der Waals surface area contributed by atoms with E-state index >= 15 is 0 Å². The Morgan fingerprint density at radius 2 is 0.671 bits per heavy atom. The second-order valence-corrected chi connectivity index (χ2v) is 20.8. The van der Waals surface area contributed by atoms with Crippen molar-refractivity contribution in [1.29, 1.82) is 0 Å². The van der Waals surface area contributed by atoms with E-state index in [9.17, 15) is 0 Å². The third kappa shape index (κ3) is 7.66. The fourth-order valence-electron chi connectivity index (χ4n) is 10.3. The van der Waals surface area contributed by atoms with Crippen LogP contribution in [0.25, 0.3) is 76.4 Å². The van der Waals surface area contributed by atoms with Gasteiger partial charge in [-0.1, -0.05) is 151 Å². The molecule has 0 amide bonds. The Bertz CT molecular complexity index is 3630. The first-order chi connectivity index (χ1) is 33.9. The molecule has 12 rings (SSSR count). The molecular weight excluding hydrogens is 849 g/mol. The number of rotatable bonds is 8. The van der Waals surface area contributed by atoms with Crippen LogP contribution in [0.1, 0.15) is 52.7 Å². The molecule has 0 bridgehead atoms. The maximum Gasteiger partial charge on any atom is 0.0710 e. The van der Waals surface area contributed by atoms with Gasteiger partial charge in [0.05, 0.1) is 35.2 Å². The molecule has 0 aliphatic carbocycles. The van der Waals surface area contributed by atoms with Crippen LogP contribution in [0.4, 0.5) is 34.1 Å². The highest BCUT2D eigenvalue weighted by molar-refractivity contribution is 6.29. The van der Waals surface area contributed by atoms with Crippen LogP contribution in [0.5, 0.6) is 0 Å². The van der Waals surface area contributed by atoms with Crippen molar-refractivity contribution in [3.8, 4) is 22.5 Å². The van der Waals surface area contributed by atoms with Crippen LogP contribution >= 0.6 is 0 Å². The molecule has 0 saturated carbocycles. The summed E-state index contributed by atoms with van der Waals surface area (Å²) in [5, 5.41) is 12.2. The average Bonchev–Trinajstić information content (AvgIpc) is 3.38. The minimum Gasteiger partial charge on any atom is -0.309 e. The highest BCUT2D eigenvalue weighted by atomic mass is 15.2. The Balaban J connectivity index is 1.02. The lowest BCUT2D eigenvalue weighted by Gasteiger charge is -2.27. The summed E-state index contributed by atoms with van der Waals surface area (Å²) < 4.78 is 0. The SMILES string of the molecule is CC(C)(C)c1cc2cc(-c3ccc(N(c4ccccc4)c4ccc5ccccc5c4)cn3)c3cc(C(C)(C)C)cc4cc(-c5ccc(N(c6ccccc6)c6ccc7ccccc7c6)cn5)c(c1)c2c43. The maximum atomic E-state index is 5.35. The molecule has 2 aromatic heterocycles. The van der Waals surface area contributed by atoms with E-state index in [1.54, 1.807) is 0 Å². The van der Waals surface area contributed by atoms with Crippen molar-refractivity contribution in [2.24, 2.45) is 0 Å². The van der Waals surface area contributed by atoms with Gasteiger partial charge in [0.15, 0.2) is 0 Å². The molecule has 4 nitrogen and oxygen atoms in total. The molecule has 0 N–H and O–H groups in total. The minimum atomic E-state index is -0.0990. The van der Waals surface area contributed by atoms with Crippen LogP contribution in [0, 0.1) is 0 Å². The summed E-state index contributed by atoms with van der Waals surface area (Å²) in [5.74, 6) is 0. The van der Waals surface area contributed by atoms with E-state index in [4.69, 9.17) is 9.97 Å². The van der Waals surface area contributed by atoms with Gasteiger partial charge in [-0.15, -0.1) is 0 Å². The molecular formula is C66H54N4. The van der Waals surface area contributed by atoms with Crippen LogP contribution in [-0.4, -0.2) is 9.97 Å². The van der Waals surface area contributed by atoms with Crippen molar-refractivity contribution in [1.82, 2.24) is 9.97 Å². The molecule has 0 atom stereocenters. The predicted octanol–water partition coefficient (Wildman–Crippen LogP) is 18.5. The van der Waals surface area contributed by atoms with Gasteiger partial charge in [-0.25, -0.2) is 0 Å². The molecule has 12 aromatic rings. The second-order valence-electron chi connectivity index (χ2n) is 20.8. The Morgan fingerprint density at radius 1 is 0.300 bits per heavy atom. The lowest BCUT2D eigenvalue weighted by molar-refractivity contribution is 0.591. The molecule has 0 aliphatic heterocycles. The van der Waals surface area contributed by atoms with Crippen LogP contribution in [0.2, 0.25) is 0 Å². The van der Waals surface area contributed by atoms with E-state index < -0.39 is 0 Å². The number of pyridine rings is 2. The Morgan fingerprint density at radius 3 is 1.04 bits per heavy atom. The van der Waals surface area contributed by atoms with Gasteiger partial charge in [0.25, 0.3) is 0 Å². The maximum absolute atomic E-state index is 5.35. The van der Waals surface area contributed by atoms with Gasteiger partial charge in [-0.2, -0.15) is 0 Å². The summed E-state index contributed by atoms with van der Waals surface area (Å²) in [5.41, 5.74) is 12.8. The van der Waals surface area contributed by atoms with E-state index in [0.717, 1.165) is 56.6 Å². The third-order valence-corrected chi connectivity index (χ3v) is 14.1. The summed E-state index contributed by atoms with van der Waals surface area (Å²) in [6.45, 7) is 13.8. The first kappa shape index (κ1) is 43.0. The van der Waals surface area contributed by atoms with Crippen molar-refractivity contribution >= 4 is 88.0 Å². The largest absolute Gasteiger partial charge is 0.309 e. The number of hydrogen-bond donors (Lipinski definition) is 0. The van der Waals surface area contributed by atoms with Crippen LogP contribution < -0.4 is 9.80 Å². The molecule has 338 valence electrons. The minimum absolute atomic E-state index is 0.0990. The molecule has 2 heterocycles. The Kier molecular flexibility index (Phi) is 10.3. The van der Waals surface area contributed by atoms with Crippen molar-refractivity contribution in [3.05, 3.63) is 230 Å². The first-order valence-corrected chi connectivity index (χ1v) is 24.4. The number of hydrogen-bond acceptors (Lipinski definition) is 4. The van der Waals surface area contributed by atoms with Crippen molar-refractivity contribution < 1.29 is 0 Å². The van der Waals surface area contributed by atoms with Crippen LogP contribution in [0.15, 0.2) is 219 Å². The normalized spacial score (nSPS) is 12.1. The second kappa shape index (κ2) is 16.7. The molecule has 0 unspecified atom stereocenters. The van der Waals surface area contributed by atoms with Crippen LogP contribution in [-0.2, 0) is 10.8 Å². The number of nitrogens with zero attached hydrogens (tertiary/aromatic N) is 4. The van der Waals surface area contributed by atoms with Crippen molar-refractivity contribution in [3.63, 3.8) is 0 Å². The number of benzene rings is 10. The first-order valence-electron chi connectivity index (χ1n) is 24.4. The zero-order chi connectivity index (χ0) is 47.7. The predicted molar refractivity (Wildman–Crippen MR) is 298 cm³/mol. The lowest BCUT2D eigenvalue weighted by Crippen LogP contribution is -2.12. The van der Waals surface area contributed by atoms with Gasteiger partial charge < -0.3 is 9.80 Å². The molecule has 0 aliphatic rings. The highest BCUT2D eigenvalue weighted by Gasteiger charge is 2.25. The molecule has 4 heteroatoms. The Labute approximate surface area is 410 Å². The number of anilines is 6. The van der Waals surface area contributed by atoms with Gasteiger partial charge in [-0.05, 0) is 173 Å². The van der Waals surface area contributed by atoms with Gasteiger partial charge >= 0.3 is 0 Å². The fourth-order valence-corrected chi connectivity index (χ4v) is 10.3. The highest BCUT2D eigenvalue weighted by Crippen LogP contribution is 2.48. The topological polar surface area (TPSA) is 32.3 Å². The standard InChI is InChI=1S/C66H54N4/c1-65(2,3)49-33-47-37-58(62-32-30-56(42-68-62)70(52-23-11-8-12-24-52)54-28-26-44-18-14-16-20-46(44)36-54)60-40-50(66(4,5)6)34-48-38-57(59(39-49)63(47)64(48)60)61-31-29-55(41-67-61)69(51-21-9-7-10-22-51)53-27-25-43-17-13-15-19-45(43)35-53/h7-42H,1-6H3. The molecule has 70 heavy (non-hydrogen) atoms. The van der Waals surface area contributed by atoms with E-state index in [1.165, 1.54) is 65.0 Å². The fraction of sp³-hybridized carbons (Fsp3) is 0.121. The molecule has 10 aromatic carbocycles. The summed E-state index contributed by atoms with van der Waals surface area (Å²) in [6, 6.07) is 74.9. The third-order valence-electron chi connectivity index (χ3n) is 14.1. The molecule has 0 spiro atoms. The molecule has 0 fully saturated rings. The van der Waals surface area contributed by atoms with Gasteiger partial charge in [-0.3, -0.25) is 9.97 Å². The van der Waals surface area contributed by atoms with Gasteiger partial charge in [0.1, 0.15) is 0 Å². The number of fused-ring (bicyclic) bond motifs is 2. The van der Waals surface area contributed by atoms with Crippen molar-refractivity contribution in [2.45, 2.75) is 52.4 Å². The van der Waals surface area contributed by atoms with E-state index in [-0.39, 0.29) is 10.8 Å². The molecule has 0 saturated heterocycles. The van der Waals surface area contributed by atoms with E-state index in [2.05, 4.69) is 258 Å². The van der Waals surface area contributed by atoms with E-state index in [0.29, 0.717) is 0 Å². The number of para-hydroxylation sites is 2. The summed E-state index contributed by atoms with van der Waals surface area (Å²) in [4.78, 5) is 15.3. The quantitative estimate of drug-likeness (QED) is 0.142. The van der Waals surface area contributed by atoms with Crippen molar-refractivity contribution in [2.75, 3.05) is 9.80 Å². The smallest absolute Gasteiger partial charge is 0.0710 e. The summed E-state index contributed by atoms with van der Waals surface area (Å²) in [7, 11) is 0. The van der Waals surface area contributed by atoms with Gasteiger partial charge in [0.2, 0.25) is 0 Å². The monoisotopic (exact) mass is 902 g/mol. The average molecular weight is 903 g/mol. The number of aromatic nitrogens is 2. The Hall–Kier alpha value is -8.34. The zero-order valence-corrected chi connectivity index (χ0v) is 40.6. The molecule has 0 radical (unpaired) electrons. The van der Waals surface area contributed by atoms with Crippen LogP contribution in [0.3, 0.4) is 0 Å². The summed E-state index contributed by atoms with van der Waals surface area (Å²) >= 11 is 0. The zero-order valence-electron chi connectivity index (χ0n) is 40.6. The van der Waals surface area contributed by atoms with Gasteiger partial charge in [0, 0.05) is 33.9 Å². The lowest BCUT2D eigenvalue weighted by atomic mass is 9.79. The summed E-state index contributed by atoms with van der Waals surface area (Å²) in [6.07, 6.45) is 4.08. The van der Waals surface area contributed by atoms with E-state index in [1.807, 2.05) is 12.4 Å².